The SMILES string of the molecule is Cc1cc(O)ccc1NC1CCCCC1C. The molecule has 0 amide bonds. The average Bonchev–Trinajstić information content (AvgIpc) is 2.25. The van der Waals surface area contributed by atoms with E-state index in [9.17, 15) is 5.11 Å². The summed E-state index contributed by atoms with van der Waals surface area (Å²) < 4.78 is 0. The molecule has 0 bridgehead atoms. The van der Waals surface area contributed by atoms with Crippen LogP contribution < -0.4 is 5.32 Å². The Balaban J connectivity index is 2.07. The molecule has 2 nitrogen and oxygen atoms in total. The van der Waals surface area contributed by atoms with Crippen LogP contribution in [0.2, 0.25) is 0 Å². The van der Waals surface area contributed by atoms with Gasteiger partial charge in [0.05, 0.1) is 0 Å². The molecular weight excluding hydrogens is 198 g/mol. The van der Waals surface area contributed by atoms with Gasteiger partial charge in [0.25, 0.3) is 0 Å². The van der Waals surface area contributed by atoms with Gasteiger partial charge in [0.1, 0.15) is 5.75 Å². The highest BCUT2D eigenvalue weighted by atomic mass is 16.3. The second-order valence-electron chi connectivity index (χ2n) is 5.01. The normalized spacial score (nSPS) is 25.4. The van der Waals surface area contributed by atoms with Crippen molar-refractivity contribution in [3.05, 3.63) is 23.8 Å². The fraction of sp³-hybridized carbons (Fsp3) is 0.571. The molecular formula is C14H21NO. The number of anilines is 1. The minimum atomic E-state index is 0.347. The minimum Gasteiger partial charge on any atom is -0.508 e. The summed E-state index contributed by atoms with van der Waals surface area (Å²) in [7, 11) is 0. The third-order valence-corrected chi connectivity index (χ3v) is 3.66. The summed E-state index contributed by atoms with van der Waals surface area (Å²) in [6.07, 6.45) is 5.29. The third kappa shape index (κ3) is 2.49. The molecule has 0 aliphatic heterocycles. The van der Waals surface area contributed by atoms with Crippen LogP contribution in [0.15, 0.2) is 18.2 Å². The van der Waals surface area contributed by atoms with Crippen LogP contribution in [-0.2, 0) is 0 Å². The van der Waals surface area contributed by atoms with Crippen molar-refractivity contribution in [3.63, 3.8) is 0 Å². The second kappa shape index (κ2) is 4.77. The average molecular weight is 219 g/mol. The van der Waals surface area contributed by atoms with Crippen LogP contribution in [0.5, 0.6) is 5.75 Å². The van der Waals surface area contributed by atoms with Crippen LogP contribution in [0.3, 0.4) is 0 Å². The van der Waals surface area contributed by atoms with Gasteiger partial charge in [-0.1, -0.05) is 19.8 Å². The van der Waals surface area contributed by atoms with Crippen molar-refractivity contribution in [1.82, 2.24) is 0 Å². The summed E-state index contributed by atoms with van der Waals surface area (Å²) in [6.45, 7) is 4.36. The van der Waals surface area contributed by atoms with Gasteiger partial charge in [-0.15, -0.1) is 0 Å². The molecule has 2 rings (SSSR count). The van der Waals surface area contributed by atoms with Gasteiger partial charge >= 0.3 is 0 Å². The van der Waals surface area contributed by atoms with E-state index < -0.39 is 0 Å². The number of phenols is 1. The van der Waals surface area contributed by atoms with Gasteiger partial charge in [-0.25, -0.2) is 0 Å². The Morgan fingerprint density at radius 3 is 2.69 bits per heavy atom. The molecule has 0 heterocycles. The molecule has 1 aromatic carbocycles. The Kier molecular flexibility index (Phi) is 3.37. The van der Waals surface area contributed by atoms with Crippen molar-refractivity contribution in [2.45, 2.75) is 45.6 Å². The van der Waals surface area contributed by atoms with E-state index in [0.717, 1.165) is 17.2 Å². The predicted molar refractivity (Wildman–Crippen MR) is 67.9 cm³/mol. The maximum atomic E-state index is 9.37. The van der Waals surface area contributed by atoms with Crippen LogP contribution in [-0.4, -0.2) is 11.1 Å². The summed E-state index contributed by atoms with van der Waals surface area (Å²) in [5, 5.41) is 13.0. The van der Waals surface area contributed by atoms with E-state index in [1.54, 1.807) is 6.07 Å². The fourth-order valence-corrected chi connectivity index (χ4v) is 2.54. The molecule has 1 saturated carbocycles. The van der Waals surface area contributed by atoms with Crippen LogP contribution in [0.25, 0.3) is 0 Å². The Hall–Kier alpha value is -1.18. The predicted octanol–water partition coefficient (Wildman–Crippen LogP) is 3.69. The molecule has 2 unspecified atom stereocenters. The molecule has 1 fully saturated rings. The van der Waals surface area contributed by atoms with Gasteiger partial charge in [0.2, 0.25) is 0 Å². The molecule has 2 heteroatoms. The monoisotopic (exact) mass is 219 g/mol. The fourth-order valence-electron chi connectivity index (χ4n) is 2.54. The Bertz CT molecular complexity index is 362. The lowest BCUT2D eigenvalue weighted by molar-refractivity contribution is 0.349. The quantitative estimate of drug-likeness (QED) is 0.743. The maximum Gasteiger partial charge on any atom is 0.115 e. The lowest BCUT2D eigenvalue weighted by atomic mass is 9.85. The van der Waals surface area contributed by atoms with E-state index in [-0.39, 0.29) is 0 Å². The third-order valence-electron chi connectivity index (χ3n) is 3.66. The summed E-state index contributed by atoms with van der Waals surface area (Å²) in [4.78, 5) is 0. The van der Waals surface area contributed by atoms with Crippen LogP contribution in [0.4, 0.5) is 5.69 Å². The summed E-state index contributed by atoms with van der Waals surface area (Å²) in [5.74, 6) is 1.10. The first-order valence-electron chi connectivity index (χ1n) is 6.23. The molecule has 2 N–H and O–H groups in total. The Morgan fingerprint density at radius 2 is 2.00 bits per heavy atom. The highest BCUT2D eigenvalue weighted by Crippen LogP contribution is 2.28. The van der Waals surface area contributed by atoms with E-state index in [1.807, 2.05) is 19.1 Å². The summed E-state index contributed by atoms with van der Waals surface area (Å²) >= 11 is 0. The number of rotatable bonds is 2. The van der Waals surface area contributed by atoms with Crippen molar-refractivity contribution < 1.29 is 5.11 Å². The first-order chi connectivity index (χ1) is 7.66. The summed E-state index contributed by atoms with van der Waals surface area (Å²) in [6, 6.07) is 6.14. The van der Waals surface area contributed by atoms with Gasteiger partial charge in [0, 0.05) is 11.7 Å². The number of aromatic hydroxyl groups is 1. The lowest BCUT2D eigenvalue weighted by Crippen LogP contribution is -2.30. The van der Waals surface area contributed by atoms with Gasteiger partial charge < -0.3 is 10.4 Å². The van der Waals surface area contributed by atoms with E-state index in [1.165, 1.54) is 25.7 Å². The Labute approximate surface area is 97.7 Å². The molecule has 1 aromatic rings. The second-order valence-corrected chi connectivity index (χ2v) is 5.01. The molecule has 0 saturated heterocycles. The smallest absolute Gasteiger partial charge is 0.115 e. The zero-order valence-electron chi connectivity index (χ0n) is 10.2. The van der Waals surface area contributed by atoms with Crippen LogP contribution in [0.1, 0.15) is 38.2 Å². The molecule has 0 radical (unpaired) electrons. The van der Waals surface area contributed by atoms with Gasteiger partial charge in [-0.05, 0) is 49.4 Å². The van der Waals surface area contributed by atoms with E-state index in [0.29, 0.717) is 11.8 Å². The number of hydrogen-bond donors (Lipinski definition) is 2. The number of benzene rings is 1. The van der Waals surface area contributed by atoms with Gasteiger partial charge in [-0.3, -0.25) is 0 Å². The molecule has 0 spiro atoms. The zero-order chi connectivity index (χ0) is 11.5. The van der Waals surface area contributed by atoms with E-state index in [2.05, 4.69) is 12.2 Å². The largest absolute Gasteiger partial charge is 0.508 e. The highest BCUT2D eigenvalue weighted by Gasteiger charge is 2.21. The zero-order valence-corrected chi connectivity index (χ0v) is 10.2. The van der Waals surface area contributed by atoms with Crippen LogP contribution in [0, 0.1) is 12.8 Å². The van der Waals surface area contributed by atoms with E-state index in [4.69, 9.17) is 0 Å². The topological polar surface area (TPSA) is 32.3 Å². The van der Waals surface area contributed by atoms with Crippen molar-refractivity contribution in [2.24, 2.45) is 5.92 Å². The van der Waals surface area contributed by atoms with Crippen molar-refractivity contribution >= 4 is 5.69 Å². The highest BCUT2D eigenvalue weighted by molar-refractivity contribution is 5.54. The minimum absolute atomic E-state index is 0.347. The molecule has 1 aliphatic carbocycles. The van der Waals surface area contributed by atoms with Gasteiger partial charge in [-0.2, -0.15) is 0 Å². The first kappa shape index (κ1) is 11.3. The first-order valence-corrected chi connectivity index (χ1v) is 6.23. The standard InChI is InChI=1S/C14H21NO/c1-10-5-3-4-6-13(10)15-14-8-7-12(16)9-11(14)2/h7-10,13,15-16H,3-6H2,1-2H3. The van der Waals surface area contributed by atoms with E-state index >= 15 is 0 Å². The van der Waals surface area contributed by atoms with Crippen LogP contribution >= 0.6 is 0 Å². The molecule has 2 atom stereocenters. The molecule has 1 aliphatic rings. The Morgan fingerprint density at radius 1 is 1.25 bits per heavy atom. The molecule has 88 valence electrons. The summed E-state index contributed by atoms with van der Waals surface area (Å²) in [5.41, 5.74) is 2.29. The van der Waals surface area contributed by atoms with Gasteiger partial charge in [0.15, 0.2) is 0 Å². The number of nitrogens with one attached hydrogen (secondary N) is 1. The number of hydrogen-bond acceptors (Lipinski definition) is 2. The van der Waals surface area contributed by atoms with Crippen molar-refractivity contribution in [3.8, 4) is 5.75 Å². The molecule has 0 aromatic heterocycles. The lowest BCUT2D eigenvalue weighted by Gasteiger charge is -2.31. The number of phenolic OH excluding ortho intramolecular Hbond substituents is 1. The molecule has 16 heavy (non-hydrogen) atoms. The van der Waals surface area contributed by atoms with Crippen molar-refractivity contribution in [1.29, 1.82) is 0 Å². The maximum absolute atomic E-state index is 9.37. The van der Waals surface area contributed by atoms with Crippen molar-refractivity contribution in [2.75, 3.05) is 5.32 Å². The number of aryl methyl sites for hydroxylation is 1.